The molecule has 4 aromatic rings. The number of hydrogen-bond acceptors (Lipinski definition) is 6. The van der Waals surface area contributed by atoms with Crippen molar-refractivity contribution in [3.63, 3.8) is 0 Å². The lowest BCUT2D eigenvalue weighted by molar-refractivity contribution is -0.385. The summed E-state index contributed by atoms with van der Waals surface area (Å²) in [5, 5.41) is 11.6. The molecule has 1 aliphatic carbocycles. The molecule has 0 saturated heterocycles. The van der Waals surface area contributed by atoms with Gasteiger partial charge in [-0.15, -0.1) is 0 Å². The molecule has 0 bridgehead atoms. The summed E-state index contributed by atoms with van der Waals surface area (Å²) in [7, 11) is 0. The first-order valence-corrected chi connectivity index (χ1v) is 10.9. The average molecular weight is 465 g/mol. The van der Waals surface area contributed by atoms with Crippen LogP contribution in [0.4, 0.5) is 10.5 Å². The van der Waals surface area contributed by atoms with Crippen LogP contribution < -0.4 is 4.74 Å². The molecular formula is C28H19NO6. The number of ketones is 1. The van der Waals surface area contributed by atoms with Crippen molar-refractivity contribution in [2.75, 3.05) is 6.61 Å². The summed E-state index contributed by atoms with van der Waals surface area (Å²) in [5.74, 6) is -0.839. The normalized spacial score (nSPS) is 11.9. The lowest BCUT2D eigenvalue weighted by atomic mass is 9.98. The minimum Gasteiger partial charge on any atom is -0.433 e. The van der Waals surface area contributed by atoms with Crippen molar-refractivity contribution in [3.8, 4) is 16.9 Å². The van der Waals surface area contributed by atoms with Gasteiger partial charge in [-0.2, -0.15) is 0 Å². The quantitative estimate of drug-likeness (QED) is 0.111. The highest BCUT2D eigenvalue weighted by Crippen LogP contribution is 2.44. The minimum absolute atomic E-state index is 0.0191. The number of nitrogens with zero attached hydrogens (tertiary/aromatic N) is 1. The standard InChI is InChI=1S/C28H19NO6/c30-27(18-8-2-1-3-9-18)19-14-15-26(25(16-19)29(32)33)35-28(31)34-17-24-22-12-6-4-10-20(22)21-11-5-7-13-23(21)24/h1-16,24H,17H2. The van der Waals surface area contributed by atoms with Gasteiger partial charge in [0.2, 0.25) is 5.75 Å². The molecule has 172 valence electrons. The fraction of sp³-hybridized carbons (Fsp3) is 0.0714. The van der Waals surface area contributed by atoms with Gasteiger partial charge in [-0.05, 0) is 34.4 Å². The van der Waals surface area contributed by atoms with E-state index in [2.05, 4.69) is 0 Å². The van der Waals surface area contributed by atoms with E-state index in [0.717, 1.165) is 28.3 Å². The van der Waals surface area contributed by atoms with E-state index in [-0.39, 0.29) is 29.6 Å². The third-order valence-electron chi connectivity index (χ3n) is 5.98. The molecule has 0 spiro atoms. The summed E-state index contributed by atoms with van der Waals surface area (Å²) in [6.45, 7) is 0.0191. The summed E-state index contributed by atoms with van der Waals surface area (Å²) < 4.78 is 10.5. The Balaban J connectivity index is 1.32. The van der Waals surface area contributed by atoms with Crippen molar-refractivity contribution >= 4 is 17.6 Å². The molecule has 0 unspecified atom stereocenters. The molecule has 35 heavy (non-hydrogen) atoms. The molecule has 0 amide bonds. The van der Waals surface area contributed by atoms with Gasteiger partial charge in [-0.3, -0.25) is 14.9 Å². The van der Waals surface area contributed by atoms with Crippen molar-refractivity contribution in [2.45, 2.75) is 5.92 Å². The van der Waals surface area contributed by atoms with Crippen LogP contribution in [0.1, 0.15) is 33.0 Å². The van der Waals surface area contributed by atoms with Gasteiger partial charge < -0.3 is 9.47 Å². The lowest BCUT2D eigenvalue weighted by Crippen LogP contribution is -2.16. The van der Waals surface area contributed by atoms with Gasteiger partial charge >= 0.3 is 11.8 Å². The van der Waals surface area contributed by atoms with Gasteiger partial charge in [0.05, 0.1) is 4.92 Å². The topological polar surface area (TPSA) is 95.7 Å². The fourth-order valence-electron chi connectivity index (χ4n) is 4.35. The third kappa shape index (κ3) is 4.27. The Morgan fingerprint density at radius 2 is 1.37 bits per heavy atom. The van der Waals surface area contributed by atoms with E-state index >= 15 is 0 Å². The number of benzene rings is 4. The van der Waals surface area contributed by atoms with Crippen LogP contribution in [0.5, 0.6) is 5.75 Å². The number of ether oxygens (including phenoxy) is 2. The molecule has 1 aliphatic rings. The molecule has 5 rings (SSSR count). The van der Waals surface area contributed by atoms with Gasteiger partial charge in [0.25, 0.3) is 0 Å². The second kappa shape index (κ2) is 9.23. The fourth-order valence-corrected chi connectivity index (χ4v) is 4.35. The Labute approximate surface area is 200 Å². The third-order valence-corrected chi connectivity index (χ3v) is 5.98. The number of fused-ring (bicyclic) bond motifs is 3. The minimum atomic E-state index is -1.06. The van der Waals surface area contributed by atoms with E-state index in [1.54, 1.807) is 30.3 Å². The molecule has 4 aromatic carbocycles. The van der Waals surface area contributed by atoms with Crippen LogP contribution in [0.3, 0.4) is 0 Å². The molecule has 0 heterocycles. The number of carbonyl (C=O) groups is 2. The molecule has 0 N–H and O–H groups in total. The maximum absolute atomic E-state index is 12.7. The van der Waals surface area contributed by atoms with Crippen LogP contribution >= 0.6 is 0 Å². The van der Waals surface area contributed by atoms with Crippen LogP contribution in [0.15, 0.2) is 97.1 Å². The van der Waals surface area contributed by atoms with Crippen LogP contribution in [-0.4, -0.2) is 23.5 Å². The highest BCUT2D eigenvalue weighted by molar-refractivity contribution is 6.09. The molecule has 0 aromatic heterocycles. The first-order chi connectivity index (χ1) is 17.0. The van der Waals surface area contributed by atoms with Gasteiger partial charge in [0.1, 0.15) is 6.61 Å². The van der Waals surface area contributed by atoms with Gasteiger partial charge in [-0.1, -0.05) is 78.9 Å². The highest BCUT2D eigenvalue weighted by Gasteiger charge is 2.30. The van der Waals surface area contributed by atoms with Crippen molar-refractivity contribution < 1.29 is 24.0 Å². The van der Waals surface area contributed by atoms with E-state index in [4.69, 9.17) is 9.47 Å². The van der Waals surface area contributed by atoms with Gasteiger partial charge in [0, 0.05) is 23.1 Å². The van der Waals surface area contributed by atoms with Crippen molar-refractivity contribution in [1.29, 1.82) is 0 Å². The van der Waals surface area contributed by atoms with E-state index < -0.39 is 16.8 Å². The van der Waals surface area contributed by atoms with Crippen molar-refractivity contribution in [2.24, 2.45) is 0 Å². The number of rotatable bonds is 6. The summed E-state index contributed by atoms with van der Waals surface area (Å²) in [5.41, 5.74) is 4.25. The summed E-state index contributed by atoms with van der Waals surface area (Å²) in [6.07, 6.45) is -1.06. The lowest BCUT2D eigenvalue weighted by Gasteiger charge is -2.14. The zero-order chi connectivity index (χ0) is 24.4. The van der Waals surface area contributed by atoms with Crippen molar-refractivity contribution in [1.82, 2.24) is 0 Å². The zero-order valence-corrected chi connectivity index (χ0v) is 18.4. The number of nitro benzene ring substituents is 1. The molecule has 0 atom stereocenters. The maximum Gasteiger partial charge on any atom is 0.514 e. The predicted octanol–water partition coefficient (Wildman–Crippen LogP) is 6.15. The van der Waals surface area contributed by atoms with Crippen LogP contribution in [0.2, 0.25) is 0 Å². The Kier molecular flexibility index (Phi) is 5.81. The Bertz CT molecular complexity index is 1400. The van der Waals surface area contributed by atoms with E-state index in [0.29, 0.717) is 5.56 Å². The summed E-state index contributed by atoms with van der Waals surface area (Å²) in [4.78, 5) is 36.0. The second-order valence-corrected chi connectivity index (χ2v) is 8.02. The molecular weight excluding hydrogens is 446 g/mol. The molecule has 0 aliphatic heterocycles. The first kappa shape index (κ1) is 22.0. The first-order valence-electron chi connectivity index (χ1n) is 10.9. The Hall–Kier alpha value is -4.78. The zero-order valence-electron chi connectivity index (χ0n) is 18.4. The highest BCUT2D eigenvalue weighted by atomic mass is 16.7. The molecule has 7 heteroatoms. The largest absolute Gasteiger partial charge is 0.514 e. The van der Waals surface area contributed by atoms with Gasteiger partial charge in [0.15, 0.2) is 5.78 Å². The number of carbonyl (C=O) groups excluding carboxylic acids is 2. The molecule has 0 fully saturated rings. The van der Waals surface area contributed by atoms with E-state index in [1.165, 1.54) is 12.1 Å². The van der Waals surface area contributed by atoms with Crippen LogP contribution in [0, 0.1) is 10.1 Å². The molecule has 7 nitrogen and oxygen atoms in total. The van der Waals surface area contributed by atoms with Gasteiger partial charge in [-0.25, -0.2) is 4.79 Å². The smallest absolute Gasteiger partial charge is 0.433 e. The average Bonchev–Trinajstić information content (AvgIpc) is 3.21. The monoisotopic (exact) mass is 465 g/mol. The maximum atomic E-state index is 12.7. The summed E-state index contributed by atoms with van der Waals surface area (Å²) in [6, 6.07) is 27.9. The molecule has 0 radical (unpaired) electrons. The van der Waals surface area contributed by atoms with Crippen molar-refractivity contribution in [3.05, 3.63) is 129 Å². The van der Waals surface area contributed by atoms with Crippen LogP contribution in [-0.2, 0) is 4.74 Å². The number of nitro groups is 1. The second-order valence-electron chi connectivity index (χ2n) is 8.02. The van der Waals surface area contributed by atoms with Crippen LogP contribution in [0.25, 0.3) is 11.1 Å². The molecule has 0 saturated carbocycles. The Morgan fingerprint density at radius 3 is 2.00 bits per heavy atom. The summed E-state index contributed by atoms with van der Waals surface area (Å²) >= 11 is 0. The van der Waals surface area contributed by atoms with E-state index in [1.807, 2.05) is 48.5 Å². The predicted molar refractivity (Wildman–Crippen MR) is 129 cm³/mol. The number of hydrogen-bond donors (Lipinski definition) is 0. The SMILES string of the molecule is O=C(OCC1c2ccccc2-c2ccccc21)Oc1ccc(C(=O)c2ccccc2)cc1[N+](=O)[O-]. The van der Waals surface area contributed by atoms with E-state index in [9.17, 15) is 19.7 Å². The Morgan fingerprint density at radius 1 is 0.771 bits per heavy atom.